The molecule has 1 atom stereocenters. The Bertz CT molecular complexity index is 1720. The van der Waals surface area contributed by atoms with Gasteiger partial charge in [-0.15, -0.1) is 0 Å². The van der Waals surface area contributed by atoms with Crippen LogP contribution < -0.4 is 4.90 Å². The number of ether oxygens (including phenoxy) is 1. The molecule has 3 aromatic carbocycles. The Morgan fingerprint density at radius 3 is 2.23 bits per heavy atom. The molecule has 0 spiro atoms. The van der Waals surface area contributed by atoms with E-state index >= 15 is 0 Å². The summed E-state index contributed by atoms with van der Waals surface area (Å²) in [4.78, 5) is 7.21. The quantitative estimate of drug-likeness (QED) is 0.201. The summed E-state index contributed by atoms with van der Waals surface area (Å²) in [5, 5.41) is 6.50. The number of benzene rings is 3. The van der Waals surface area contributed by atoms with Crippen LogP contribution in [-0.2, 0) is 10.3 Å². The van der Waals surface area contributed by atoms with E-state index in [-0.39, 0.29) is 5.92 Å². The van der Waals surface area contributed by atoms with E-state index in [4.69, 9.17) is 14.8 Å². The topological polar surface area (TPSA) is 43.2 Å². The molecule has 216 valence electrons. The summed E-state index contributed by atoms with van der Waals surface area (Å²) in [5.74, 6) is 0.192. The van der Waals surface area contributed by atoms with Gasteiger partial charge in [0.2, 0.25) is 0 Å². The number of pyridine rings is 1. The molecule has 1 unspecified atom stereocenters. The van der Waals surface area contributed by atoms with Crippen molar-refractivity contribution >= 4 is 16.6 Å². The summed E-state index contributed by atoms with van der Waals surface area (Å²) < 4.78 is 7.87. The highest BCUT2D eigenvalue weighted by Gasteiger charge is 2.44. The van der Waals surface area contributed by atoms with Gasteiger partial charge < -0.3 is 9.64 Å². The molecule has 3 heterocycles. The smallest absolute Gasteiger partial charge is 0.119 e. The van der Waals surface area contributed by atoms with Crippen LogP contribution in [0, 0.1) is 12.8 Å². The lowest BCUT2D eigenvalue weighted by Gasteiger charge is -2.41. The predicted molar refractivity (Wildman–Crippen MR) is 175 cm³/mol. The van der Waals surface area contributed by atoms with Crippen molar-refractivity contribution in [2.45, 2.75) is 37.8 Å². The molecule has 0 amide bonds. The number of aromatic nitrogens is 3. The average Bonchev–Trinajstić information content (AvgIpc) is 3.47. The third-order valence-corrected chi connectivity index (χ3v) is 9.35. The molecule has 1 aliphatic heterocycles. The van der Waals surface area contributed by atoms with Gasteiger partial charge >= 0.3 is 0 Å². The monoisotopic (exact) mass is 566 g/mol. The zero-order valence-corrected chi connectivity index (χ0v) is 24.9. The third-order valence-electron chi connectivity index (χ3n) is 9.35. The lowest BCUT2D eigenvalue weighted by atomic mass is 9.70. The van der Waals surface area contributed by atoms with Crippen molar-refractivity contribution in [2.75, 3.05) is 25.1 Å². The van der Waals surface area contributed by atoms with Gasteiger partial charge in [-0.05, 0) is 61.1 Å². The van der Waals surface area contributed by atoms with Crippen LogP contribution in [0.15, 0.2) is 122 Å². The third kappa shape index (κ3) is 4.88. The van der Waals surface area contributed by atoms with Gasteiger partial charge in [-0.25, -0.2) is 0 Å². The van der Waals surface area contributed by atoms with Crippen molar-refractivity contribution in [1.29, 1.82) is 0 Å². The molecule has 1 aliphatic carbocycles. The normalized spacial score (nSPS) is 17.5. The fourth-order valence-corrected chi connectivity index (χ4v) is 7.14. The molecule has 5 aromatic rings. The van der Waals surface area contributed by atoms with Crippen LogP contribution in [0.5, 0.6) is 0 Å². The minimum atomic E-state index is -0.512. The van der Waals surface area contributed by atoms with Gasteiger partial charge in [0, 0.05) is 55.1 Å². The molecule has 1 fully saturated rings. The van der Waals surface area contributed by atoms with Crippen molar-refractivity contribution in [1.82, 2.24) is 14.8 Å². The number of methoxy groups -OCH3 is 1. The minimum absolute atomic E-state index is 0.192. The number of fused-ring (bicyclic) bond motifs is 1. The first-order chi connectivity index (χ1) is 21.2. The van der Waals surface area contributed by atoms with Crippen molar-refractivity contribution < 1.29 is 4.74 Å². The van der Waals surface area contributed by atoms with Crippen molar-refractivity contribution in [3.05, 3.63) is 138 Å². The second kappa shape index (κ2) is 11.7. The molecule has 2 aliphatic rings. The summed E-state index contributed by atoms with van der Waals surface area (Å²) in [6.45, 7) is 4.10. The molecule has 5 nitrogen and oxygen atoms in total. The van der Waals surface area contributed by atoms with E-state index in [0.717, 1.165) is 54.7 Å². The first kappa shape index (κ1) is 27.4. The second-order valence-corrected chi connectivity index (χ2v) is 11.7. The van der Waals surface area contributed by atoms with Crippen molar-refractivity contribution in [2.24, 2.45) is 5.92 Å². The molecular weight excluding hydrogens is 528 g/mol. The Morgan fingerprint density at radius 1 is 0.860 bits per heavy atom. The molecule has 0 N–H and O–H groups in total. The summed E-state index contributed by atoms with van der Waals surface area (Å²) in [6, 6.07) is 30.5. The summed E-state index contributed by atoms with van der Waals surface area (Å²) in [6.07, 6.45) is 16.5. The summed E-state index contributed by atoms with van der Waals surface area (Å²) >= 11 is 0. The van der Waals surface area contributed by atoms with E-state index in [1.807, 2.05) is 13.3 Å². The van der Waals surface area contributed by atoms with Gasteiger partial charge in [0.1, 0.15) is 5.54 Å². The van der Waals surface area contributed by atoms with Crippen LogP contribution >= 0.6 is 0 Å². The molecule has 0 saturated carbocycles. The number of hydrogen-bond donors (Lipinski definition) is 0. The van der Waals surface area contributed by atoms with Crippen LogP contribution in [-0.4, -0.2) is 41.1 Å². The zero-order valence-electron chi connectivity index (χ0n) is 24.9. The van der Waals surface area contributed by atoms with E-state index in [1.165, 1.54) is 22.2 Å². The highest BCUT2D eigenvalue weighted by molar-refractivity contribution is 5.95. The summed E-state index contributed by atoms with van der Waals surface area (Å²) in [7, 11) is 1.82. The lowest BCUT2D eigenvalue weighted by Crippen LogP contribution is -2.43. The molecular formula is C38H38N4O. The molecule has 2 aromatic heterocycles. The Hall–Kier alpha value is -4.48. The molecule has 7 rings (SSSR count). The van der Waals surface area contributed by atoms with Crippen molar-refractivity contribution in [3.63, 3.8) is 0 Å². The molecule has 1 saturated heterocycles. The molecule has 43 heavy (non-hydrogen) atoms. The number of allylic oxidation sites excluding steroid dienone is 4. The fourth-order valence-electron chi connectivity index (χ4n) is 7.14. The number of nitrogens with zero attached hydrogens (tertiary/aromatic N) is 4. The largest absolute Gasteiger partial charge is 0.381 e. The van der Waals surface area contributed by atoms with Gasteiger partial charge in [0.05, 0.1) is 17.3 Å². The lowest BCUT2D eigenvalue weighted by molar-refractivity contribution is 0.0819. The highest BCUT2D eigenvalue weighted by atomic mass is 16.5. The van der Waals surface area contributed by atoms with Gasteiger partial charge in [0.15, 0.2) is 0 Å². The van der Waals surface area contributed by atoms with Crippen LogP contribution in [0.1, 0.15) is 36.1 Å². The van der Waals surface area contributed by atoms with E-state index in [1.54, 1.807) is 0 Å². The maximum atomic E-state index is 5.63. The number of piperidine rings is 1. The van der Waals surface area contributed by atoms with Gasteiger partial charge in [-0.3, -0.25) is 9.67 Å². The Morgan fingerprint density at radius 2 is 1.58 bits per heavy atom. The van der Waals surface area contributed by atoms with Crippen LogP contribution in [0.3, 0.4) is 0 Å². The van der Waals surface area contributed by atoms with E-state index in [0.29, 0.717) is 6.10 Å². The highest BCUT2D eigenvalue weighted by Crippen LogP contribution is 2.45. The molecule has 0 bridgehead atoms. The van der Waals surface area contributed by atoms with Gasteiger partial charge in [0.25, 0.3) is 0 Å². The van der Waals surface area contributed by atoms with E-state index in [9.17, 15) is 0 Å². The maximum Gasteiger partial charge on any atom is 0.119 e. The first-order valence-corrected chi connectivity index (χ1v) is 15.4. The average molecular weight is 567 g/mol. The first-order valence-electron chi connectivity index (χ1n) is 15.4. The zero-order chi connectivity index (χ0) is 29.2. The molecule has 5 heteroatoms. The Labute approximate surface area is 254 Å². The van der Waals surface area contributed by atoms with Gasteiger partial charge in [-0.2, -0.15) is 5.10 Å². The maximum absolute atomic E-state index is 5.63. The van der Waals surface area contributed by atoms with Gasteiger partial charge in [-0.1, -0.05) is 91.0 Å². The van der Waals surface area contributed by atoms with Crippen LogP contribution in [0.4, 0.5) is 5.69 Å². The fraction of sp³-hybridized carbons (Fsp3) is 0.263. The van der Waals surface area contributed by atoms with Crippen LogP contribution in [0.25, 0.3) is 22.0 Å². The van der Waals surface area contributed by atoms with E-state index in [2.05, 4.69) is 132 Å². The Kier molecular flexibility index (Phi) is 7.42. The predicted octanol–water partition coefficient (Wildman–Crippen LogP) is 7.95. The van der Waals surface area contributed by atoms with Crippen LogP contribution in [0.2, 0.25) is 0 Å². The Balaban J connectivity index is 1.37. The standard InChI is InChI=1S/C38H38N4O/c1-28-35(29-18-19-36-34(26-29)37(20-23-39-36)41-24-21-33(43-2)22-25-41)27-42(40-28)38(30-12-6-3-7-13-30,31-14-8-4-9-15-31)32-16-10-5-11-17-32/h3-16,18-20,23,26-27,32-33H,17,21-22,24-25H2,1-2H3. The second-order valence-electron chi connectivity index (χ2n) is 11.7. The van der Waals surface area contributed by atoms with E-state index < -0.39 is 5.54 Å². The number of aryl methyl sites for hydroxylation is 1. The number of rotatable bonds is 7. The number of hydrogen-bond acceptors (Lipinski definition) is 4. The van der Waals surface area contributed by atoms with Crippen molar-refractivity contribution in [3.8, 4) is 11.1 Å². The minimum Gasteiger partial charge on any atom is -0.381 e. The SMILES string of the molecule is COC1CCN(c2ccnc3ccc(-c4cn(C(c5ccccc5)(c5ccccc5)C5C=CC=CC5)nc4C)cc23)CC1. The summed E-state index contributed by atoms with van der Waals surface area (Å²) in [5.41, 5.74) is 7.51. The molecule has 0 radical (unpaired) electrons. The number of anilines is 1.